The van der Waals surface area contributed by atoms with Crippen molar-refractivity contribution in [3.63, 3.8) is 0 Å². The Kier molecular flexibility index (Phi) is 5.70. The van der Waals surface area contributed by atoms with E-state index in [1.54, 1.807) is 0 Å². The van der Waals surface area contributed by atoms with Gasteiger partial charge in [-0.25, -0.2) is 0 Å². The highest BCUT2D eigenvalue weighted by Crippen LogP contribution is 2.11. The zero-order valence-electron chi connectivity index (χ0n) is 10.0. The largest absolute Gasteiger partial charge is 0.374 e. The Labute approximate surface area is 93.2 Å². The van der Waals surface area contributed by atoms with Crippen molar-refractivity contribution in [2.45, 2.75) is 31.9 Å². The molecule has 0 bridgehead atoms. The Hall–Kier alpha value is -0.560. The van der Waals surface area contributed by atoms with Crippen LogP contribution in [0.1, 0.15) is 19.8 Å². The van der Waals surface area contributed by atoms with Gasteiger partial charge in [0.25, 0.3) is 0 Å². The lowest BCUT2D eigenvalue weighted by atomic mass is 10.0. The van der Waals surface area contributed by atoms with Crippen LogP contribution in [-0.2, 0) is 4.74 Å². The topological polar surface area (TPSA) is 24.5 Å². The standard InChI is InChI=1S/C12H22N2O/c1-4-5-6-7-11(13-2)12-10-14(3)8-9-15-12/h11-13H,6-10H2,1-3H3. The van der Waals surface area contributed by atoms with Gasteiger partial charge in [0.15, 0.2) is 0 Å². The number of morpholine rings is 1. The number of hydrogen-bond acceptors (Lipinski definition) is 3. The van der Waals surface area contributed by atoms with Crippen molar-refractivity contribution in [2.24, 2.45) is 0 Å². The predicted octanol–water partition coefficient (Wildman–Crippen LogP) is 0.709. The van der Waals surface area contributed by atoms with Gasteiger partial charge in [0.1, 0.15) is 0 Å². The third-order valence-corrected chi connectivity index (χ3v) is 2.87. The van der Waals surface area contributed by atoms with Crippen LogP contribution < -0.4 is 5.32 Å². The number of ether oxygens (including phenoxy) is 1. The van der Waals surface area contributed by atoms with E-state index in [-0.39, 0.29) is 0 Å². The van der Waals surface area contributed by atoms with E-state index in [0.717, 1.165) is 32.5 Å². The minimum Gasteiger partial charge on any atom is -0.374 e. The summed E-state index contributed by atoms with van der Waals surface area (Å²) in [4.78, 5) is 2.32. The average Bonchev–Trinajstić information content (AvgIpc) is 2.24. The molecule has 2 atom stereocenters. The number of rotatable bonds is 4. The first-order valence-electron chi connectivity index (χ1n) is 5.65. The molecule has 1 aliphatic rings. The van der Waals surface area contributed by atoms with Crippen LogP contribution in [0.4, 0.5) is 0 Å². The first-order chi connectivity index (χ1) is 7.27. The highest BCUT2D eigenvalue weighted by Gasteiger charge is 2.24. The average molecular weight is 210 g/mol. The molecule has 0 aromatic rings. The predicted molar refractivity (Wildman–Crippen MR) is 62.8 cm³/mol. The third-order valence-electron chi connectivity index (χ3n) is 2.87. The van der Waals surface area contributed by atoms with Crippen molar-refractivity contribution in [1.29, 1.82) is 0 Å². The molecule has 0 aromatic carbocycles. The van der Waals surface area contributed by atoms with Crippen LogP contribution in [-0.4, -0.2) is 50.8 Å². The van der Waals surface area contributed by atoms with Crippen molar-refractivity contribution in [3.8, 4) is 11.8 Å². The van der Waals surface area contributed by atoms with Crippen LogP contribution in [0.15, 0.2) is 0 Å². The summed E-state index contributed by atoms with van der Waals surface area (Å²) >= 11 is 0. The van der Waals surface area contributed by atoms with Gasteiger partial charge in [0.2, 0.25) is 0 Å². The molecule has 1 rings (SSSR count). The summed E-state index contributed by atoms with van der Waals surface area (Å²) in [5, 5.41) is 3.33. The van der Waals surface area contributed by atoms with Crippen LogP contribution in [0.25, 0.3) is 0 Å². The van der Waals surface area contributed by atoms with Crippen molar-refractivity contribution in [3.05, 3.63) is 0 Å². The molecule has 1 saturated heterocycles. The number of likely N-dealkylation sites (N-methyl/N-ethyl adjacent to an activating group) is 2. The Morgan fingerprint density at radius 3 is 3.00 bits per heavy atom. The van der Waals surface area contributed by atoms with Gasteiger partial charge < -0.3 is 15.0 Å². The van der Waals surface area contributed by atoms with Gasteiger partial charge in [-0.05, 0) is 27.4 Å². The van der Waals surface area contributed by atoms with Crippen LogP contribution in [0.5, 0.6) is 0 Å². The summed E-state index contributed by atoms with van der Waals surface area (Å²) in [7, 11) is 4.15. The molecule has 1 heterocycles. The third kappa shape index (κ3) is 4.21. The van der Waals surface area contributed by atoms with Crippen LogP contribution in [0.3, 0.4) is 0 Å². The molecule has 15 heavy (non-hydrogen) atoms. The summed E-state index contributed by atoms with van der Waals surface area (Å²) in [6.07, 6.45) is 2.33. The quantitative estimate of drug-likeness (QED) is 0.692. The maximum Gasteiger partial charge on any atom is 0.0855 e. The van der Waals surface area contributed by atoms with Crippen molar-refractivity contribution in [2.75, 3.05) is 33.8 Å². The maximum atomic E-state index is 5.78. The van der Waals surface area contributed by atoms with E-state index in [0.29, 0.717) is 12.1 Å². The smallest absolute Gasteiger partial charge is 0.0855 e. The molecule has 0 aromatic heterocycles. The molecule has 0 spiro atoms. The van der Waals surface area contributed by atoms with Gasteiger partial charge in [-0.1, -0.05) is 0 Å². The SMILES string of the molecule is CC#CCCC(NC)C1CN(C)CCO1. The lowest BCUT2D eigenvalue weighted by Gasteiger charge is -2.34. The number of nitrogens with zero attached hydrogens (tertiary/aromatic N) is 1. The minimum atomic E-state index is 0.312. The van der Waals surface area contributed by atoms with Gasteiger partial charge in [-0.2, -0.15) is 0 Å². The molecular formula is C12H22N2O. The Bertz CT molecular complexity index is 232. The minimum absolute atomic E-state index is 0.312. The van der Waals surface area contributed by atoms with Gasteiger partial charge in [-0.15, -0.1) is 11.8 Å². The second kappa shape index (κ2) is 6.84. The summed E-state index contributed by atoms with van der Waals surface area (Å²) in [6, 6.07) is 0.425. The first-order valence-corrected chi connectivity index (χ1v) is 5.65. The monoisotopic (exact) mass is 210 g/mol. The normalized spacial score (nSPS) is 24.3. The van der Waals surface area contributed by atoms with Crippen LogP contribution in [0.2, 0.25) is 0 Å². The second-order valence-corrected chi connectivity index (χ2v) is 4.03. The van der Waals surface area contributed by atoms with Gasteiger partial charge in [-0.3, -0.25) is 0 Å². The van der Waals surface area contributed by atoms with Gasteiger partial charge in [0.05, 0.1) is 12.7 Å². The fraction of sp³-hybridized carbons (Fsp3) is 0.833. The van der Waals surface area contributed by atoms with E-state index in [4.69, 9.17) is 4.74 Å². The molecule has 0 saturated carbocycles. The molecule has 2 unspecified atom stereocenters. The zero-order valence-corrected chi connectivity index (χ0v) is 10.0. The maximum absolute atomic E-state index is 5.78. The lowest BCUT2D eigenvalue weighted by molar-refractivity contribution is -0.0384. The summed E-state index contributed by atoms with van der Waals surface area (Å²) < 4.78 is 5.78. The molecule has 1 fully saturated rings. The molecule has 3 heteroatoms. The molecule has 86 valence electrons. The molecule has 1 N–H and O–H groups in total. The fourth-order valence-electron chi connectivity index (χ4n) is 1.92. The van der Waals surface area contributed by atoms with Crippen molar-refractivity contribution in [1.82, 2.24) is 10.2 Å². The molecule has 0 aliphatic carbocycles. The molecule has 0 radical (unpaired) electrons. The first kappa shape index (κ1) is 12.5. The molecule has 1 aliphatic heterocycles. The Balaban J connectivity index is 2.37. The summed E-state index contributed by atoms with van der Waals surface area (Å²) in [6.45, 7) is 4.80. The highest BCUT2D eigenvalue weighted by atomic mass is 16.5. The Morgan fingerprint density at radius 1 is 1.60 bits per heavy atom. The number of nitrogens with one attached hydrogen (secondary N) is 1. The zero-order chi connectivity index (χ0) is 11.1. The van der Waals surface area contributed by atoms with E-state index >= 15 is 0 Å². The lowest BCUT2D eigenvalue weighted by Crippen LogP contribution is -2.50. The Morgan fingerprint density at radius 2 is 2.40 bits per heavy atom. The van der Waals surface area contributed by atoms with Gasteiger partial charge in [0, 0.05) is 25.6 Å². The van der Waals surface area contributed by atoms with Crippen molar-refractivity contribution < 1.29 is 4.74 Å². The summed E-state index contributed by atoms with van der Waals surface area (Å²) in [5.41, 5.74) is 0. The van der Waals surface area contributed by atoms with E-state index in [9.17, 15) is 0 Å². The fourth-order valence-corrected chi connectivity index (χ4v) is 1.92. The second-order valence-electron chi connectivity index (χ2n) is 4.03. The molecule has 0 amide bonds. The van der Waals surface area contributed by atoms with Crippen LogP contribution >= 0.6 is 0 Å². The molecular weight excluding hydrogens is 188 g/mol. The van der Waals surface area contributed by atoms with E-state index in [1.165, 1.54) is 0 Å². The summed E-state index contributed by atoms with van der Waals surface area (Å²) in [5.74, 6) is 6.03. The highest BCUT2D eigenvalue weighted by molar-refractivity contribution is 4.96. The van der Waals surface area contributed by atoms with Crippen molar-refractivity contribution >= 4 is 0 Å². The van der Waals surface area contributed by atoms with E-state index in [1.807, 2.05) is 14.0 Å². The van der Waals surface area contributed by atoms with Gasteiger partial charge >= 0.3 is 0 Å². The number of hydrogen-bond donors (Lipinski definition) is 1. The van der Waals surface area contributed by atoms with Crippen LogP contribution in [0, 0.1) is 11.8 Å². The van der Waals surface area contributed by atoms with E-state index in [2.05, 4.69) is 29.1 Å². The molecule has 3 nitrogen and oxygen atoms in total. The van der Waals surface area contributed by atoms with E-state index < -0.39 is 0 Å².